The number of hydrogen-bond donors (Lipinski definition) is 2. The zero-order valence-electron chi connectivity index (χ0n) is 12.7. The zero-order valence-corrected chi connectivity index (χ0v) is 12.7. The van der Waals surface area contributed by atoms with Crippen LogP contribution in [-0.2, 0) is 17.9 Å². The maximum absolute atomic E-state index is 12.0. The molecule has 4 heteroatoms. The maximum Gasteiger partial charge on any atom is 0.240 e. The van der Waals surface area contributed by atoms with Crippen molar-refractivity contribution in [2.24, 2.45) is 0 Å². The number of hydrogen-bond acceptors (Lipinski definition) is 2. The zero-order chi connectivity index (χ0) is 14.8. The Labute approximate surface area is 120 Å². The largest absolute Gasteiger partial charge is 0.350 e. The van der Waals surface area contributed by atoms with Crippen LogP contribution in [0.4, 0.5) is 0 Å². The molecule has 0 unspecified atom stereocenters. The summed E-state index contributed by atoms with van der Waals surface area (Å²) >= 11 is 0. The molecule has 0 aliphatic carbocycles. The second-order valence-electron chi connectivity index (χ2n) is 6.17. The number of fused-ring (bicyclic) bond motifs is 1. The van der Waals surface area contributed by atoms with Gasteiger partial charge in [-0.25, -0.2) is 0 Å². The summed E-state index contributed by atoms with van der Waals surface area (Å²) in [6.07, 6.45) is 1.97. The highest BCUT2D eigenvalue weighted by molar-refractivity contribution is 5.84. The van der Waals surface area contributed by atoms with Gasteiger partial charge in [0.15, 0.2) is 0 Å². The van der Waals surface area contributed by atoms with Crippen LogP contribution in [0.15, 0.2) is 30.5 Å². The molecule has 4 nitrogen and oxygen atoms in total. The molecule has 2 rings (SSSR count). The normalized spacial score (nSPS) is 11.8. The fourth-order valence-electron chi connectivity index (χ4n) is 2.31. The van der Waals surface area contributed by atoms with E-state index in [1.165, 1.54) is 10.9 Å². The van der Waals surface area contributed by atoms with Gasteiger partial charge in [0.1, 0.15) is 6.54 Å². The summed E-state index contributed by atoms with van der Waals surface area (Å²) in [5.41, 5.74) is 2.14. The van der Waals surface area contributed by atoms with E-state index in [1.807, 2.05) is 38.6 Å². The van der Waals surface area contributed by atoms with Crippen LogP contribution in [0, 0.1) is 0 Å². The van der Waals surface area contributed by atoms with Gasteiger partial charge < -0.3 is 15.2 Å². The van der Waals surface area contributed by atoms with Crippen molar-refractivity contribution in [3.05, 3.63) is 36.0 Å². The Morgan fingerprint density at radius 2 is 2.00 bits per heavy atom. The lowest BCUT2D eigenvalue weighted by Gasteiger charge is -2.20. The third-order valence-corrected chi connectivity index (χ3v) is 3.04. The van der Waals surface area contributed by atoms with Gasteiger partial charge in [0.25, 0.3) is 0 Å². The number of amides is 1. The van der Waals surface area contributed by atoms with Gasteiger partial charge in [-0.05, 0) is 57.0 Å². The lowest BCUT2D eigenvalue weighted by atomic mass is 10.1. The minimum atomic E-state index is -0.194. The molecule has 1 heterocycles. The third kappa shape index (κ3) is 3.61. The van der Waals surface area contributed by atoms with Crippen molar-refractivity contribution in [2.45, 2.75) is 39.4 Å². The topological polar surface area (TPSA) is 46.1 Å². The molecule has 0 bridgehead atoms. The number of rotatable bonds is 4. The number of nitrogens with zero attached hydrogens (tertiary/aromatic N) is 1. The molecule has 0 spiro atoms. The summed E-state index contributed by atoms with van der Waals surface area (Å²) in [5.74, 6) is 0.0364. The van der Waals surface area contributed by atoms with Gasteiger partial charge in [-0.15, -0.1) is 0 Å². The van der Waals surface area contributed by atoms with Gasteiger partial charge in [-0.3, -0.25) is 4.79 Å². The Hall–Kier alpha value is -1.81. The van der Waals surface area contributed by atoms with Crippen LogP contribution in [0.2, 0.25) is 0 Å². The third-order valence-electron chi connectivity index (χ3n) is 3.04. The maximum atomic E-state index is 12.0. The van der Waals surface area contributed by atoms with E-state index in [4.69, 9.17) is 0 Å². The summed E-state index contributed by atoms with van der Waals surface area (Å²) in [6, 6.07) is 8.38. The molecule has 20 heavy (non-hydrogen) atoms. The highest BCUT2D eigenvalue weighted by Gasteiger charge is 2.14. The van der Waals surface area contributed by atoms with Crippen molar-refractivity contribution in [1.29, 1.82) is 0 Å². The first-order valence-electron chi connectivity index (χ1n) is 6.92. The van der Waals surface area contributed by atoms with Crippen molar-refractivity contribution < 1.29 is 4.79 Å². The Kier molecular flexibility index (Phi) is 4.14. The van der Waals surface area contributed by atoms with E-state index in [-0.39, 0.29) is 11.4 Å². The Bertz CT molecular complexity index is 608. The molecule has 1 amide bonds. The van der Waals surface area contributed by atoms with Gasteiger partial charge >= 0.3 is 0 Å². The predicted molar refractivity (Wildman–Crippen MR) is 82.6 cm³/mol. The average molecular weight is 273 g/mol. The molecular formula is C16H23N3O. The molecule has 1 aromatic heterocycles. The summed E-state index contributed by atoms with van der Waals surface area (Å²) in [4.78, 5) is 12.0. The average Bonchev–Trinajstić information content (AvgIpc) is 2.70. The summed E-state index contributed by atoms with van der Waals surface area (Å²) in [5, 5.41) is 7.29. The lowest BCUT2D eigenvalue weighted by molar-refractivity contribution is -0.123. The van der Waals surface area contributed by atoms with Crippen LogP contribution in [0.3, 0.4) is 0 Å². The number of carbonyl (C=O) groups excluding carboxylic acids is 1. The van der Waals surface area contributed by atoms with Crippen molar-refractivity contribution in [2.75, 3.05) is 7.05 Å². The minimum absolute atomic E-state index is 0.0364. The number of nitrogens with one attached hydrogen (secondary N) is 2. The van der Waals surface area contributed by atoms with Crippen molar-refractivity contribution in [3.63, 3.8) is 0 Å². The van der Waals surface area contributed by atoms with Crippen LogP contribution >= 0.6 is 0 Å². The first kappa shape index (κ1) is 14.6. The van der Waals surface area contributed by atoms with Crippen LogP contribution in [-0.4, -0.2) is 23.1 Å². The van der Waals surface area contributed by atoms with Gasteiger partial charge in [-0.2, -0.15) is 0 Å². The van der Waals surface area contributed by atoms with E-state index in [0.717, 1.165) is 12.1 Å². The monoisotopic (exact) mass is 273 g/mol. The molecule has 108 valence electrons. The number of aromatic nitrogens is 1. The fraction of sp³-hybridized carbons (Fsp3) is 0.438. The molecule has 0 saturated heterocycles. The molecule has 0 saturated carbocycles. The van der Waals surface area contributed by atoms with Gasteiger partial charge in [0, 0.05) is 23.8 Å². The Morgan fingerprint density at radius 1 is 1.25 bits per heavy atom. The molecule has 2 N–H and O–H groups in total. The second-order valence-corrected chi connectivity index (χ2v) is 6.17. The summed E-state index contributed by atoms with van der Waals surface area (Å²) < 4.78 is 1.99. The van der Waals surface area contributed by atoms with Crippen molar-refractivity contribution in [1.82, 2.24) is 15.2 Å². The van der Waals surface area contributed by atoms with Crippen LogP contribution in [0.1, 0.15) is 26.3 Å². The number of benzene rings is 1. The lowest BCUT2D eigenvalue weighted by Crippen LogP contribution is -2.42. The van der Waals surface area contributed by atoms with Gasteiger partial charge in [0.2, 0.25) is 5.91 Å². The SMILES string of the molecule is CNCc1ccc2c(ccn2CC(=O)NC(C)(C)C)c1. The molecular weight excluding hydrogens is 250 g/mol. The first-order valence-corrected chi connectivity index (χ1v) is 6.92. The van der Waals surface area contributed by atoms with Crippen LogP contribution < -0.4 is 10.6 Å². The van der Waals surface area contributed by atoms with E-state index in [0.29, 0.717) is 6.54 Å². The number of carbonyl (C=O) groups is 1. The summed E-state index contributed by atoms with van der Waals surface area (Å²) in [6.45, 7) is 7.17. The van der Waals surface area contributed by atoms with Gasteiger partial charge in [0.05, 0.1) is 0 Å². The molecule has 1 aromatic carbocycles. The molecule has 0 aliphatic rings. The summed E-state index contributed by atoms with van der Waals surface area (Å²) in [7, 11) is 1.94. The minimum Gasteiger partial charge on any atom is -0.350 e. The first-order chi connectivity index (χ1) is 9.39. The molecule has 0 fully saturated rings. The van der Waals surface area contributed by atoms with Crippen molar-refractivity contribution >= 4 is 16.8 Å². The molecule has 0 atom stereocenters. The Balaban J connectivity index is 2.17. The molecule has 0 aliphatic heterocycles. The van der Waals surface area contributed by atoms with E-state index >= 15 is 0 Å². The second kappa shape index (κ2) is 5.67. The van der Waals surface area contributed by atoms with Crippen molar-refractivity contribution in [3.8, 4) is 0 Å². The Morgan fingerprint density at radius 3 is 2.65 bits per heavy atom. The van der Waals surface area contributed by atoms with E-state index in [9.17, 15) is 4.79 Å². The standard InChI is InChI=1S/C16H23N3O/c1-16(2,3)18-15(20)11-19-8-7-13-9-12(10-17-4)5-6-14(13)19/h5-9,17H,10-11H2,1-4H3,(H,18,20). The van der Waals surface area contributed by atoms with Gasteiger partial charge in [-0.1, -0.05) is 6.07 Å². The van der Waals surface area contributed by atoms with E-state index in [2.05, 4.69) is 34.9 Å². The fourth-order valence-corrected chi connectivity index (χ4v) is 2.31. The van der Waals surface area contributed by atoms with E-state index < -0.39 is 0 Å². The predicted octanol–water partition coefficient (Wildman–Crippen LogP) is 2.28. The highest BCUT2D eigenvalue weighted by Crippen LogP contribution is 2.17. The quantitative estimate of drug-likeness (QED) is 0.897. The van der Waals surface area contributed by atoms with E-state index in [1.54, 1.807) is 0 Å². The van der Waals surface area contributed by atoms with Crippen LogP contribution in [0.25, 0.3) is 10.9 Å². The molecule has 0 radical (unpaired) electrons. The smallest absolute Gasteiger partial charge is 0.240 e. The van der Waals surface area contributed by atoms with Crippen LogP contribution in [0.5, 0.6) is 0 Å². The molecule has 2 aromatic rings. The highest BCUT2D eigenvalue weighted by atomic mass is 16.2.